The zero-order valence-corrected chi connectivity index (χ0v) is 9.72. The van der Waals surface area contributed by atoms with E-state index < -0.39 is 6.72 Å². The fraction of sp³-hybridized carbons (Fsp3) is 0.333. The first-order valence-corrected chi connectivity index (χ1v) is 6.72. The lowest BCUT2D eigenvalue weighted by atomic mass is 10.3. The van der Waals surface area contributed by atoms with Gasteiger partial charge in [-0.1, -0.05) is 0 Å². The normalized spacial score (nSPS) is 14.8. The smallest absolute Gasteiger partial charge is 0.319 e. The molecule has 0 aromatic heterocycles. The Labute approximate surface area is 88.2 Å². The molecular formula is C9H12ClO3P. The van der Waals surface area contributed by atoms with Crippen molar-refractivity contribution in [1.82, 2.24) is 0 Å². The largest absolute Gasteiger partial charge is 0.497 e. The van der Waals surface area contributed by atoms with E-state index >= 15 is 0 Å². The minimum atomic E-state index is -3.16. The molecule has 0 saturated heterocycles. The Kier molecular flexibility index (Phi) is 3.99. The molecule has 0 aliphatic rings. The van der Waals surface area contributed by atoms with Crippen molar-refractivity contribution in [2.45, 2.75) is 6.92 Å². The lowest BCUT2D eigenvalue weighted by Gasteiger charge is -2.10. The van der Waals surface area contributed by atoms with E-state index in [9.17, 15) is 4.57 Å². The topological polar surface area (TPSA) is 35.5 Å². The van der Waals surface area contributed by atoms with Crippen molar-refractivity contribution >= 4 is 23.3 Å². The summed E-state index contributed by atoms with van der Waals surface area (Å²) < 4.78 is 21.7. The van der Waals surface area contributed by atoms with Gasteiger partial charge in [-0.15, -0.1) is 0 Å². The summed E-state index contributed by atoms with van der Waals surface area (Å²) in [5.74, 6) is 0.696. The van der Waals surface area contributed by atoms with Gasteiger partial charge in [0.15, 0.2) is 0 Å². The molecule has 0 heterocycles. The number of benzene rings is 1. The number of methoxy groups -OCH3 is 1. The molecule has 5 heteroatoms. The Morgan fingerprint density at radius 3 is 2.36 bits per heavy atom. The summed E-state index contributed by atoms with van der Waals surface area (Å²) in [5, 5.41) is 0.488. The highest BCUT2D eigenvalue weighted by atomic mass is 35.7. The van der Waals surface area contributed by atoms with Gasteiger partial charge < -0.3 is 9.26 Å². The third-order valence-corrected chi connectivity index (χ3v) is 4.06. The number of hydrogen-bond donors (Lipinski definition) is 0. The maximum atomic E-state index is 11.7. The Balaban J connectivity index is 2.91. The molecule has 0 bridgehead atoms. The van der Waals surface area contributed by atoms with Crippen molar-refractivity contribution in [3.8, 4) is 5.75 Å². The molecule has 0 fully saturated rings. The first-order chi connectivity index (χ1) is 6.60. The van der Waals surface area contributed by atoms with Crippen LogP contribution in [0.25, 0.3) is 0 Å². The molecule has 0 amide bonds. The van der Waals surface area contributed by atoms with Crippen LogP contribution in [0.1, 0.15) is 6.92 Å². The number of hydrogen-bond acceptors (Lipinski definition) is 3. The summed E-state index contributed by atoms with van der Waals surface area (Å²) in [4.78, 5) is 0. The minimum absolute atomic E-state index is 0.326. The monoisotopic (exact) mass is 234 g/mol. The van der Waals surface area contributed by atoms with Gasteiger partial charge >= 0.3 is 6.72 Å². The number of rotatable bonds is 4. The molecule has 0 radical (unpaired) electrons. The first kappa shape index (κ1) is 11.6. The van der Waals surface area contributed by atoms with E-state index in [-0.39, 0.29) is 0 Å². The molecule has 0 N–H and O–H groups in total. The first-order valence-electron chi connectivity index (χ1n) is 4.19. The quantitative estimate of drug-likeness (QED) is 0.752. The Morgan fingerprint density at radius 1 is 1.36 bits per heavy atom. The van der Waals surface area contributed by atoms with Gasteiger partial charge in [0.2, 0.25) is 0 Å². The van der Waals surface area contributed by atoms with Crippen LogP contribution >= 0.6 is 18.0 Å². The lowest BCUT2D eigenvalue weighted by molar-refractivity contribution is 0.352. The van der Waals surface area contributed by atoms with Gasteiger partial charge in [-0.25, -0.2) is 0 Å². The van der Waals surface area contributed by atoms with Crippen molar-refractivity contribution < 1.29 is 13.8 Å². The zero-order valence-electron chi connectivity index (χ0n) is 8.07. The Bertz CT molecular complexity index is 336. The molecule has 14 heavy (non-hydrogen) atoms. The van der Waals surface area contributed by atoms with Crippen molar-refractivity contribution in [3.63, 3.8) is 0 Å². The predicted octanol–water partition coefficient (Wildman–Crippen LogP) is 2.79. The molecule has 0 spiro atoms. The Morgan fingerprint density at radius 2 is 1.93 bits per heavy atom. The maximum Gasteiger partial charge on any atom is 0.319 e. The summed E-state index contributed by atoms with van der Waals surface area (Å²) in [6, 6.07) is 6.68. The van der Waals surface area contributed by atoms with Crippen LogP contribution < -0.4 is 10.0 Å². The molecule has 1 rings (SSSR count). The third kappa shape index (κ3) is 2.74. The summed E-state index contributed by atoms with van der Waals surface area (Å²) in [6.45, 7) is -1.08. The van der Waals surface area contributed by atoms with E-state index in [4.69, 9.17) is 20.5 Å². The molecule has 3 nitrogen and oxygen atoms in total. The summed E-state index contributed by atoms with van der Waals surface area (Å²) in [5.41, 5.74) is 0. The average Bonchev–Trinajstić information content (AvgIpc) is 2.18. The van der Waals surface area contributed by atoms with Gasteiger partial charge in [-0.3, -0.25) is 4.57 Å². The molecule has 1 aromatic rings. The van der Waals surface area contributed by atoms with Crippen LogP contribution in [0, 0.1) is 0 Å². The van der Waals surface area contributed by atoms with Crippen LogP contribution in [0.15, 0.2) is 24.3 Å². The van der Waals surface area contributed by atoms with Crippen molar-refractivity contribution in [1.29, 1.82) is 0 Å². The fourth-order valence-electron chi connectivity index (χ4n) is 1.00. The van der Waals surface area contributed by atoms with E-state index in [1.54, 1.807) is 38.3 Å². The fourth-order valence-corrected chi connectivity index (χ4v) is 2.62. The van der Waals surface area contributed by atoms with Gasteiger partial charge in [0, 0.05) is 0 Å². The predicted molar refractivity (Wildman–Crippen MR) is 57.7 cm³/mol. The summed E-state index contributed by atoms with van der Waals surface area (Å²) in [6.07, 6.45) is 0. The van der Waals surface area contributed by atoms with Crippen LogP contribution in [0.4, 0.5) is 0 Å². The highest BCUT2D eigenvalue weighted by Crippen LogP contribution is 2.50. The van der Waals surface area contributed by atoms with Crippen LogP contribution in [0.2, 0.25) is 0 Å². The van der Waals surface area contributed by atoms with Gasteiger partial charge in [-0.2, -0.15) is 0 Å². The Hall–Kier alpha value is -0.500. The molecular weight excluding hydrogens is 223 g/mol. The molecule has 0 aliphatic heterocycles. The number of ether oxygens (including phenoxy) is 1. The SMILES string of the molecule is CCOP(=O)(Cl)c1ccc(OC)cc1. The second kappa shape index (κ2) is 4.83. The zero-order chi connectivity index (χ0) is 10.6. The highest BCUT2D eigenvalue weighted by Gasteiger charge is 2.21. The summed E-state index contributed by atoms with van der Waals surface area (Å²) >= 11 is 5.75. The van der Waals surface area contributed by atoms with Crippen LogP contribution in [-0.4, -0.2) is 13.7 Å². The van der Waals surface area contributed by atoms with Gasteiger partial charge in [0.05, 0.1) is 19.0 Å². The van der Waals surface area contributed by atoms with Crippen LogP contribution in [0.5, 0.6) is 5.75 Å². The molecule has 1 aromatic carbocycles. The average molecular weight is 235 g/mol. The van der Waals surface area contributed by atoms with E-state index in [0.29, 0.717) is 17.7 Å². The van der Waals surface area contributed by atoms with Crippen molar-refractivity contribution in [2.75, 3.05) is 13.7 Å². The van der Waals surface area contributed by atoms with Crippen LogP contribution in [-0.2, 0) is 9.09 Å². The van der Waals surface area contributed by atoms with E-state index in [1.165, 1.54) is 0 Å². The second-order valence-corrected chi connectivity index (χ2v) is 5.66. The van der Waals surface area contributed by atoms with Crippen molar-refractivity contribution in [3.05, 3.63) is 24.3 Å². The second-order valence-electron chi connectivity index (χ2n) is 2.60. The molecule has 78 valence electrons. The van der Waals surface area contributed by atoms with Gasteiger partial charge in [-0.05, 0) is 42.4 Å². The van der Waals surface area contributed by atoms with Gasteiger partial charge in [0.1, 0.15) is 5.75 Å². The molecule has 1 unspecified atom stereocenters. The molecule has 1 atom stereocenters. The summed E-state index contributed by atoms with van der Waals surface area (Å²) in [7, 11) is 1.57. The van der Waals surface area contributed by atoms with Crippen molar-refractivity contribution in [2.24, 2.45) is 0 Å². The maximum absolute atomic E-state index is 11.7. The van der Waals surface area contributed by atoms with E-state index in [0.717, 1.165) is 0 Å². The van der Waals surface area contributed by atoms with E-state index in [1.807, 2.05) is 0 Å². The standard InChI is InChI=1S/C9H12ClO3P/c1-3-13-14(10,11)9-6-4-8(12-2)5-7-9/h4-7H,3H2,1-2H3. The minimum Gasteiger partial charge on any atom is -0.497 e. The highest BCUT2D eigenvalue weighted by molar-refractivity contribution is 7.91. The molecule has 0 aliphatic carbocycles. The van der Waals surface area contributed by atoms with E-state index in [2.05, 4.69) is 0 Å². The molecule has 0 saturated carbocycles. The van der Waals surface area contributed by atoms with Crippen LogP contribution in [0.3, 0.4) is 0 Å². The number of halogens is 1. The third-order valence-electron chi connectivity index (χ3n) is 1.68. The lowest BCUT2D eigenvalue weighted by Crippen LogP contribution is -2.02. The van der Waals surface area contributed by atoms with Gasteiger partial charge in [0.25, 0.3) is 0 Å².